The Morgan fingerprint density at radius 2 is 2.08 bits per heavy atom. The van der Waals surface area contributed by atoms with Crippen LogP contribution in [0, 0.1) is 0 Å². The lowest BCUT2D eigenvalue weighted by Gasteiger charge is -2.16. The van der Waals surface area contributed by atoms with Gasteiger partial charge < -0.3 is 10.1 Å². The van der Waals surface area contributed by atoms with Gasteiger partial charge in [0.1, 0.15) is 6.10 Å². The van der Waals surface area contributed by atoms with Crippen molar-refractivity contribution >= 4 is 6.09 Å². The van der Waals surface area contributed by atoms with Crippen LogP contribution in [0.3, 0.4) is 0 Å². The van der Waals surface area contributed by atoms with Crippen LogP contribution in [0.15, 0.2) is 12.2 Å². The quantitative estimate of drug-likeness (QED) is 0.556. The second-order valence-corrected chi connectivity index (χ2v) is 3.32. The summed E-state index contributed by atoms with van der Waals surface area (Å²) in [5.74, 6) is 0. The van der Waals surface area contributed by atoms with Gasteiger partial charge in [-0.3, -0.25) is 0 Å². The molecule has 1 amide bonds. The molecule has 2 unspecified atom stereocenters. The van der Waals surface area contributed by atoms with Crippen molar-refractivity contribution in [3.05, 3.63) is 12.2 Å². The van der Waals surface area contributed by atoms with Crippen molar-refractivity contribution in [1.82, 2.24) is 5.32 Å². The van der Waals surface area contributed by atoms with Gasteiger partial charge in [-0.1, -0.05) is 12.2 Å². The molecule has 1 aliphatic carbocycles. The number of ether oxygens (including phenoxy) is 1. The normalized spacial score (nSPS) is 37.2. The van der Waals surface area contributed by atoms with Crippen molar-refractivity contribution in [3.8, 4) is 0 Å². The Kier molecular flexibility index (Phi) is 2.02. The molecule has 1 aliphatic heterocycles. The fourth-order valence-corrected chi connectivity index (χ4v) is 1.79. The van der Waals surface area contributed by atoms with Gasteiger partial charge in [0.05, 0.1) is 6.04 Å². The second-order valence-electron chi connectivity index (χ2n) is 3.32. The van der Waals surface area contributed by atoms with E-state index in [0.717, 1.165) is 25.7 Å². The van der Waals surface area contributed by atoms with Gasteiger partial charge in [0, 0.05) is 0 Å². The molecule has 1 saturated heterocycles. The lowest BCUT2D eigenvalue weighted by molar-refractivity contribution is 0.125. The van der Waals surface area contributed by atoms with Gasteiger partial charge in [-0.05, 0) is 25.7 Å². The predicted octanol–water partition coefficient (Wildman–Crippen LogP) is 1.59. The fourth-order valence-electron chi connectivity index (χ4n) is 1.79. The minimum Gasteiger partial charge on any atom is -0.444 e. The molecule has 3 nitrogen and oxygen atoms in total. The molecule has 0 saturated carbocycles. The Balaban J connectivity index is 2.02. The summed E-state index contributed by atoms with van der Waals surface area (Å²) in [5, 5.41) is 2.83. The maximum atomic E-state index is 10.9. The molecule has 1 fully saturated rings. The summed E-state index contributed by atoms with van der Waals surface area (Å²) in [7, 11) is 0. The zero-order valence-corrected chi connectivity index (χ0v) is 6.95. The zero-order valence-electron chi connectivity index (χ0n) is 6.95. The molecule has 0 aromatic rings. The zero-order chi connectivity index (χ0) is 8.39. The van der Waals surface area contributed by atoms with Crippen molar-refractivity contribution in [1.29, 1.82) is 0 Å². The number of nitrogens with one attached hydrogen (secondary N) is 1. The van der Waals surface area contributed by atoms with E-state index in [1.807, 2.05) is 0 Å². The molecule has 12 heavy (non-hydrogen) atoms. The van der Waals surface area contributed by atoms with Crippen LogP contribution < -0.4 is 5.32 Å². The Morgan fingerprint density at radius 1 is 1.33 bits per heavy atom. The number of allylic oxidation sites excluding steroid dienone is 2. The first-order valence-corrected chi connectivity index (χ1v) is 4.48. The lowest BCUT2D eigenvalue weighted by atomic mass is 9.99. The second kappa shape index (κ2) is 3.17. The third-order valence-corrected chi connectivity index (χ3v) is 2.44. The van der Waals surface area contributed by atoms with Gasteiger partial charge >= 0.3 is 6.09 Å². The van der Waals surface area contributed by atoms with E-state index < -0.39 is 0 Å². The third-order valence-electron chi connectivity index (χ3n) is 2.44. The summed E-state index contributed by atoms with van der Waals surface area (Å²) < 4.78 is 5.12. The Hall–Kier alpha value is -0.990. The summed E-state index contributed by atoms with van der Waals surface area (Å²) in [6.45, 7) is 0. The molecule has 2 atom stereocenters. The summed E-state index contributed by atoms with van der Waals surface area (Å²) in [6, 6.07) is 0.252. The van der Waals surface area contributed by atoms with Crippen molar-refractivity contribution in [2.45, 2.75) is 37.8 Å². The van der Waals surface area contributed by atoms with Crippen LogP contribution in [-0.4, -0.2) is 18.2 Å². The van der Waals surface area contributed by atoms with Crippen LogP contribution in [0.4, 0.5) is 4.79 Å². The highest BCUT2D eigenvalue weighted by molar-refractivity contribution is 5.70. The summed E-state index contributed by atoms with van der Waals surface area (Å²) in [4.78, 5) is 10.9. The average Bonchev–Trinajstić information content (AvgIpc) is 2.32. The van der Waals surface area contributed by atoms with E-state index in [1.54, 1.807) is 0 Å². The van der Waals surface area contributed by atoms with E-state index in [9.17, 15) is 4.79 Å². The topological polar surface area (TPSA) is 38.3 Å². The van der Waals surface area contributed by atoms with Crippen LogP contribution in [0.25, 0.3) is 0 Å². The Morgan fingerprint density at radius 3 is 2.92 bits per heavy atom. The summed E-state index contributed by atoms with van der Waals surface area (Å²) in [6.07, 6.45) is 8.26. The number of carbonyl (C=O) groups excluding carboxylic acids is 1. The number of hydrogen-bond acceptors (Lipinski definition) is 2. The van der Waals surface area contributed by atoms with Gasteiger partial charge in [0.15, 0.2) is 0 Å². The molecular formula is C9H13NO2. The highest BCUT2D eigenvalue weighted by Crippen LogP contribution is 2.20. The molecule has 1 heterocycles. The van der Waals surface area contributed by atoms with Crippen LogP contribution in [0.2, 0.25) is 0 Å². The van der Waals surface area contributed by atoms with E-state index in [4.69, 9.17) is 4.74 Å². The van der Waals surface area contributed by atoms with E-state index in [0.29, 0.717) is 0 Å². The van der Waals surface area contributed by atoms with Crippen LogP contribution >= 0.6 is 0 Å². The van der Waals surface area contributed by atoms with Crippen molar-refractivity contribution in [2.75, 3.05) is 0 Å². The van der Waals surface area contributed by atoms with Gasteiger partial charge in [0.25, 0.3) is 0 Å². The average molecular weight is 167 g/mol. The molecule has 0 aromatic heterocycles. The number of alkyl carbamates (subject to hydrolysis) is 1. The number of hydrogen-bond donors (Lipinski definition) is 1. The Labute approximate surface area is 71.8 Å². The highest BCUT2D eigenvalue weighted by atomic mass is 16.6. The predicted molar refractivity (Wildman–Crippen MR) is 44.8 cm³/mol. The number of amides is 1. The highest BCUT2D eigenvalue weighted by Gasteiger charge is 2.32. The first-order chi connectivity index (χ1) is 5.86. The standard InChI is InChI=1S/C9H13NO2/c11-9-10-7-5-3-1-2-4-6-8(7)12-9/h1-2,7-8H,3-6H2,(H,10,11)/b2-1+. The first kappa shape index (κ1) is 7.65. The van der Waals surface area contributed by atoms with Crippen molar-refractivity contribution < 1.29 is 9.53 Å². The first-order valence-electron chi connectivity index (χ1n) is 4.48. The maximum absolute atomic E-state index is 10.9. The molecule has 2 aliphatic rings. The smallest absolute Gasteiger partial charge is 0.407 e. The van der Waals surface area contributed by atoms with Gasteiger partial charge in [-0.25, -0.2) is 4.79 Å². The van der Waals surface area contributed by atoms with E-state index in [1.165, 1.54) is 0 Å². The van der Waals surface area contributed by atoms with E-state index in [-0.39, 0.29) is 18.2 Å². The van der Waals surface area contributed by atoms with Gasteiger partial charge in [-0.15, -0.1) is 0 Å². The number of fused-ring (bicyclic) bond motifs is 1. The van der Waals surface area contributed by atoms with Crippen LogP contribution in [-0.2, 0) is 4.74 Å². The SMILES string of the molecule is O=C1NC2CC/C=C/CCC2O1. The number of carbonyl (C=O) groups is 1. The molecule has 0 radical (unpaired) electrons. The molecule has 0 spiro atoms. The van der Waals surface area contributed by atoms with Gasteiger partial charge in [0.2, 0.25) is 0 Å². The van der Waals surface area contributed by atoms with E-state index >= 15 is 0 Å². The monoisotopic (exact) mass is 167 g/mol. The van der Waals surface area contributed by atoms with E-state index in [2.05, 4.69) is 17.5 Å². The largest absolute Gasteiger partial charge is 0.444 e. The molecular weight excluding hydrogens is 154 g/mol. The molecule has 0 bridgehead atoms. The third kappa shape index (κ3) is 1.44. The van der Waals surface area contributed by atoms with Crippen LogP contribution in [0.5, 0.6) is 0 Å². The molecule has 1 N–H and O–H groups in total. The van der Waals surface area contributed by atoms with Gasteiger partial charge in [-0.2, -0.15) is 0 Å². The molecule has 2 rings (SSSR count). The summed E-state index contributed by atoms with van der Waals surface area (Å²) >= 11 is 0. The minimum atomic E-state index is -0.244. The maximum Gasteiger partial charge on any atom is 0.407 e. The lowest BCUT2D eigenvalue weighted by Crippen LogP contribution is -2.31. The van der Waals surface area contributed by atoms with Crippen molar-refractivity contribution in [3.63, 3.8) is 0 Å². The van der Waals surface area contributed by atoms with Crippen LogP contribution in [0.1, 0.15) is 25.7 Å². The minimum absolute atomic E-state index is 0.113. The molecule has 66 valence electrons. The summed E-state index contributed by atoms with van der Waals surface area (Å²) in [5.41, 5.74) is 0. The number of rotatable bonds is 0. The van der Waals surface area contributed by atoms with Crippen molar-refractivity contribution in [2.24, 2.45) is 0 Å². The molecule has 3 heteroatoms. The Bertz CT molecular complexity index is 193. The fraction of sp³-hybridized carbons (Fsp3) is 0.667. The molecule has 0 aromatic carbocycles.